The minimum atomic E-state index is 1.25. The van der Waals surface area contributed by atoms with Crippen molar-refractivity contribution in [3.05, 3.63) is 0 Å². The Bertz CT molecular complexity index is 12.8. The Morgan fingerprint density at radius 1 is 2.00 bits per heavy atom. The van der Waals surface area contributed by atoms with Gasteiger partial charge in [-0.15, -0.1) is 0 Å². The zero-order chi connectivity index (χ0) is 3.58. The molecule has 0 saturated carbocycles. The number of halogens is 3. The summed E-state index contributed by atoms with van der Waals surface area (Å²) in [5, 5.41) is 0. The van der Waals surface area contributed by atoms with Crippen LogP contribution in [0.15, 0.2) is 0 Å². The van der Waals surface area contributed by atoms with Gasteiger partial charge in [-0.2, -0.15) is 0 Å². The predicted octanol–water partition coefficient (Wildman–Crippen LogP) is 2.10. The van der Waals surface area contributed by atoms with Crippen molar-refractivity contribution >= 4 is 50.8 Å². The Kier molecular flexibility index (Phi) is 3.66. The summed E-state index contributed by atoms with van der Waals surface area (Å²) in [4.78, 5) is 0. The van der Waals surface area contributed by atoms with E-state index in [1.54, 1.807) is 0 Å². The highest BCUT2D eigenvalue weighted by atomic mass is 127. The topological polar surface area (TPSA) is 3.24 Å². The van der Waals surface area contributed by atoms with E-state index in [-0.39, 0.29) is 0 Å². The van der Waals surface area contributed by atoms with Gasteiger partial charge in [0.2, 0.25) is 0 Å². The van der Waals surface area contributed by atoms with Crippen LogP contribution in [0.1, 0.15) is 0 Å². The van der Waals surface area contributed by atoms with E-state index in [4.69, 9.17) is 11.8 Å². The molecule has 0 amide bonds. The average molecular weight is 256 g/mol. The summed E-state index contributed by atoms with van der Waals surface area (Å²) < 4.78 is 1.25. The Morgan fingerprint density at radius 3 is 2.00 bits per heavy atom. The van der Waals surface area contributed by atoms with Gasteiger partial charge in [-0.25, -0.2) is 0 Å². The lowest BCUT2D eigenvalue weighted by molar-refractivity contribution is 1.40. The Balaban J connectivity index is 2.32. The first-order chi connectivity index (χ1) is 1.73. The second-order valence-electron chi connectivity index (χ2n) is 0.192. The van der Waals surface area contributed by atoms with Crippen LogP contribution in [0.4, 0.5) is 0 Å². The molecular weight excluding hydrogens is 256 g/mol. The molecule has 0 aliphatic rings. The minimum Gasteiger partial charge on any atom is -0.0926 e. The number of nitrogens with zero attached hydrogens (tertiary/aromatic N) is 1. The Morgan fingerprint density at radius 2 is 2.00 bits per heavy atom. The molecule has 0 bridgehead atoms. The minimum absolute atomic E-state index is 1.25. The smallest absolute Gasteiger partial charge is 0.0510 e. The molecular formula is BrClIN. The number of hydrogen-bond acceptors (Lipinski definition) is 1. The summed E-state index contributed by atoms with van der Waals surface area (Å²) >= 11 is 9.73. The normalized spacial score (nSPS) is 9.00. The van der Waals surface area contributed by atoms with E-state index < -0.39 is 0 Å². The van der Waals surface area contributed by atoms with Crippen LogP contribution in [-0.2, 0) is 0 Å². The second-order valence-corrected chi connectivity index (χ2v) is 4.51. The molecule has 4 heavy (non-hydrogen) atoms. The van der Waals surface area contributed by atoms with Gasteiger partial charge >= 0.3 is 0 Å². The van der Waals surface area contributed by atoms with Crippen LogP contribution >= 0.6 is 50.8 Å². The molecule has 0 unspecified atom stereocenters. The van der Waals surface area contributed by atoms with Gasteiger partial charge in [-0.05, 0) is 0 Å². The molecule has 0 radical (unpaired) electrons. The summed E-state index contributed by atoms with van der Waals surface area (Å²) in [6, 6.07) is 0. The van der Waals surface area contributed by atoms with Crippen LogP contribution in [0.3, 0.4) is 0 Å². The predicted molar refractivity (Wildman–Crippen MR) is 30.6 cm³/mol. The third-order valence-electron chi connectivity index (χ3n) is 0. The van der Waals surface area contributed by atoms with E-state index in [0.717, 1.165) is 0 Å². The SMILES string of the molecule is ClN(Br)I. The van der Waals surface area contributed by atoms with Crippen LogP contribution in [0, 0.1) is 0 Å². The van der Waals surface area contributed by atoms with Gasteiger partial charge in [-0.3, -0.25) is 0 Å². The molecule has 0 atom stereocenters. The Hall–Kier alpha value is 1.46. The van der Waals surface area contributed by atoms with E-state index in [0.29, 0.717) is 0 Å². The van der Waals surface area contributed by atoms with E-state index in [2.05, 4.69) is 16.1 Å². The van der Waals surface area contributed by atoms with Crippen LogP contribution in [0.25, 0.3) is 0 Å². The lowest BCUT2D eigenvalue weighted by Gasteiger charge is -1.76. The highest BCUT2D eigenvalue weighted by molar-refractivity contribution is 14.1. The summed E-state index contributed by atoms with van der Waals surface area (Å²) in [6.45, 7) is 0. The van der Waals surface area contributed by atoms with Crippen molar-refractivity contribution in [2.24, 2.45) is 0 Å². The fourth-order valence-corrected chi connectivity index (χ4v) is 0. The van der Waals surface area contributed by atoms with Crippen molar-refractivity contribution < 1.29 is 0 Å². The molecule has 4 heteroatoms. The fraction of sp³-hybridized carbons (Fsp3) is 0. The first-order valence-corrected chi connectivity index (χ1v) is 2.52. The van der Waals surface area contributed by atoms with Gasteiger partial charge in [0.25, 0.3) is 0 Å². The lowest BCUT2D eigenvalue weighted by Crippen LogP contribution is -1.58. The number of hydrogen-bond donors (Lipinski definition) is 0. The van der Waals surface area contributed by atoms with Gasteiger partial charge in [-0.1, -0.05) is 1.66 Å². The van der Waals surface area contributed by atoms with E-state index in [9.17, 15) is 0 Å². The number of rotatable bonds is 0. The van der Waals surface area contributed by atoms with Crippen molar-refractivity contribution in [2.45, 2.75) is 0 Å². The van der Waals surface area contributed by atoms with Gasteiger partial charge in [0.15, 0.2) is 0 Å². The summed E-state index contributed by atoms with van der Waals surface area (Å²) in [7, 11) is 0. The maximum absolute atomic E-state index is 5.01. The molecule has 0 rings (SSSR count). The third-order valence-corrected chi connectivity index (χ3v) is 0. The highest BCUT2D eigenvalue weighted by Gasteiger charge is 1.70. The molecule has 0 heterocycles. The monoisotopic (exact) mass is 255 g/mol. The molecule has 0 fully saturated rings. The molecule has 0 N–H and O–H groups in total. The van der Waals surface area contributed by atoms with Crippen LogP contribution in [0.5, 0.6) is 0 Å². The molecule has 0 aromatic heterocycles. The zero-order valence-corrected chi connectivity index (χ0v) is 6.08. The van der Waals surface area contributed by atoms with E-state index >= 15 is 0 Å². The molecule has 26 valence electrons. The van der Waals surface area contributed by atoms with Crippen LogP contribution < -0.4 is 0 Å². The molecule has 0 spiro atoms. The molecule has 0 aromatic carbocycles. The van der Waals surface area contributed by atoms with Gasteiger partial charge < -0.3 is 0 Å². The largest absolute Gasteiger partial charge is 0.0926 e. The average Bonchev–Trinajstić information content (AvgIpc) is 0.811. The van der Waals surface area contributed by atoms with Crippen LogP contribution in [0.2, 0.25) is 0 Å². The molecule has 1 nitrogen and oxygen atoms in total. The molecule has 0 aliphatic carbocycles. The standard InChI is InChI=1S/BrClIN/c1-4(2)3. The van der Waals surface area contributed by atoms with Crippen molar-refractivity contribution in [3.63, 3.8) is 0 Å². The van der Waals surface area contributed by atoms with Gasteiger partial charge in [0.1, 0.15) is 0 Å². The fourth-order valence-electron chi connectivity index (χ4n) is 0. The van der Waals surface area contributed by atoms with E-state index in [1.165, 1.54) is 1.66 Å². The lowest BCUT2D eigenvalue weighted by atomic mass is 13.9. The van der Waals surface area contributed by atoms with E-state index in [1.807, 2.05) is 22.9 Å². The zero-order valence-electron chi connectivity index (χ0n) is 1.58. The van der Waals surface area contributed by atoms with Crippen LogP contribution in [-0.4, -0.2) is 1.66 Å². The maximum Gasteiger partial charge on any atom is 0.0510 e. The summed E-state index contributed by atoms with van der Waals surface area (Å²) in [5.41, 5.74) is 0. The van der Waals surface area contributed by atoms with Crippen molar-refractivity contribution in [1.29, 1.82) is 0 Å². The molecule has 0 aliphatic heterocycles. The molecule has 0 saturated heterocycles. The van der Waals surface area contributed by atoms with Crippen molar-refractivity contribution in [3.8, 4) is 0 Å². The summed E-state index contributed by atoms with van der Waals surface area (Å²) in [5.74, 6) is 0. The molecule has 0 aromatic rings. The maximum atomic E-state index is 5.01. The van der Waals surface area contributed by atoms with Crippen molar-refractivity contribution in [2.75, 3.05) is 0 Å². The third kappa shape index (κ3) is 9.82. The first-order valence-electron chi connectivity index (χ1n) is 0.507. The summed E-state index contributed by atoms with van der Waals surface area (Å²) in [6.07, 6.45) is 0. The highest BCUT2D eigenvalue weighted by Crippen LogP contribution is 2.07. The van der Waals surface area contributed by atoms with Gasteiger partial charge in [0, 0.05) is 27.9 Å². The Labute approximate surface area is 52.2 Å². The second kappa shape index (κ2) is 2.68. The van der Waals surface area contributed by atoms with Gasteiger partial charge in [0.05, 0.1) is 22.9 Å². The first kappa shape index (κ1) is 5.46. The quantitative estimate of drug-likeness (QED) is 0.474. The van der Waals surface area contributed by atoms with Crippen molar-refractivity contribution in [1.82, 2.24) is 1.66 Å².